The Balaban J connectivity index is 0.815. The van der Waals surface area contributed by atoms with Crippen molar-refractivity contribution in [2.24, 2.45) is 20.4 Å². The highest BCUT2D eigenvalue weighted by Gasteiger charge is 2.27. The van der Waals surface area contributed by atoms with Crippen LogP contribution in [0, 0.1) is 0 Å². The highest BCUT2D eigenvalue weighted by atomic mass is 16.5. The zero-order chi connectivity index (χ0) is 37.1. The van der Waals surface area contributed by atoms with Gasteiger partial charge in [0.1, 0.15) is 24.7 Å². The third-order valence-electron chi connectivity index (χ3n) is 8.83. The summed E-state index contributed by atoms with van der Waals surface area (Å²) in [7, 11) is 0. The lowest BCUT2D eigenvalue weighted by atomic mass is 10.2. The first kappa shape index (κ1) is 35.1. The van der Waals surface area contributed by atoms with Gasteiger partial charge in [0.25, 0.3) is 13.3 Å². The topological polar surface area (TPSA) is 89.6 Å². The Morgan fingerprint density at radius 2 is 0.782 bits per heavy atom. The minimum atomic E-state index is 0.411. The Hall–Kier alpha value is -6.98. The lowest BCUT2D eigenvalue weighted by molar-refractivity contribution is -0.508. The molecule has 0 atom stereocenters. The highest BCUT2D eigenvalue weighted by Crippen LogP contribution is 2.25. The van der Waals surface area contributed by atoms with Crippen molar-refractivity contribution in [3.8, 4) is 11.5 Å². The first-order valence-electron chi connectivity index (χ1n) is 18.2. The fraction of sp³-hybridized carbons (Fsp3) is 0.136. The second kappa shape index (κ2) is 17.2. The van der Waals surface area contributed by atoms with Gasteiger partial charge in [-0.1, -0.05) is 82.2 Å². The largest absolute Gasteiger partial charge is 0.491 e. The van der Waals surface area contributed by atoms with Crippen molar-refractivity contribution in [3.63, 3.8) is 0 Å². The molecule has 11 heteroatoms. The molecule has 2 heterocycles. The molecule has 0 saturated carbocycles. The summed E-state index contributed by atoms with van der Waals surface area (Å²) in [4.78, 5) is 0. The first-order valence-corrected chi connectivity index (χ1v) is 18.2. The molecule has 55 heavy (non-hydrogen) atoms. The smallest absolute Gasteiger partial charge is 0.269 e. The number of nitrogens with zero attached hydrogens (tertiary/aromatic N) is 8. The molecule has 2 aliphatic heterocycles. The Bertz CT molecular complexity index is 2120. The van der Waals surface area contributed by atoms with Crippen LogP contribution >= 0.6 is 0 Å². The summed E-state index contributed by atoms with van der Waals surface area (Å²) in [5.74, 6) is 2.72. The Morgan fingerprint density at radius 1 is 0.418 bits per heavy atom. The molecule has 6 aromatic rings. The SMILES string of the molecule is c1ccc(N2C[N+](c3ccccc3)=NC(c3ccc(OCCOCCOc4ccc(C5=NN(c6ccccc6)C[N+](c6ccccc6)=N5)cc4)cc3)=N2)cc1. The molecule has 6 aromatic carbocycles. The third kappa shape index (κ3) is 8.98. The van der Waals surface area contributed by atoms with Crippen molar-refractivity contribution < 1.29 is 23.6 Å². The highest BCUT2D eigenvalue weighted by molar-refractivity contribution is 6.00. The van der Waals surface area contributed by atoms with Crippen LogP contribution in [0.1, 0.15) is 11.1 Å². The average Bonchev–Trinajstić information content (AvgIpc) is 3.27. The summed E-state index contributed by atoms with van der Waals surface area (Å²) in [5.41, 5.74) is 5.75. The van der Waals surface area contributed by atoms with Gasteiger partial charge in [0.05, 0.1) is 24.6 Å². The Morgan fingerprint density at radius 3 is 1.16 bits per heavy atom. The molecule has 0 aliphatic carbocycles. The third-order valence-corrected chi connectivity index (χ3v) is 8.83. The molecule has 0 N–H and O–H groups in total. The first-order chi connectivity index (χ1) is 27.2. The number of hydrazone groups is 2. The van der Waals surface area contributed by atoms with Crippen molar-refractivity contribution >= 4 is 34.4 Å². The van der Waals surface area contributed by atoms with Crippen LogP contribution in [0.25, 0.3) is 0 Å². The molecule has 8 rings (SSSR count). The van der Waals surface area contributed by atoms with E-state index in [1.807, 2.05) is 189 Å². The molecular formula is C44H40N8O3+2. The van der Waals surface area contributed by atoms with Crippen LogP contribution in [0.15, 0.2) is 190 Å². The number of azo groups is 4. The minimum Gasteiger partial charge on any atom is -0.491 e. The maximum Gasteiger partial charge on any atom is 0.269 e. The molecule has 0 aromatic heterocycles. The van der Waals surface area contributed by atoms with Gasteiger partial charge in [0.15, 0.2) is 0 Å². The van der Waals surface area contributed by atoms with Gasteiger partial charge in [-0.3, -0.25) is 0 Å². The molecular weight excluding hydrogens is 689 g/mol. The van der Waals surface area contributed by atoms with Gasteiger partial charge in [0, 0.05) is 45.6 Å². The monoisotopic (exact) mass is 728 g/mol. The second-order valence-electron chi connectivity index (χ2n) is 12.6. The summed E-state index contributed by atoms with van der Waals surface area (Å²) in [6.07, 6.45) is 0. The summed E-state index contributed by atoms with van der Waals surface area (Å²) in [5, 5.41) is 23.4. The average molecular weight is 729 g/mol. The van der Waals surface area contributed by atoms with E-state index < -0.39 is 0 Å². The van der Waals surface area contributed by atoms with Crippen LogP contribution in [-0.2, 0) is 4.74 Å². The van der Waals surface area contributed by atoms with Gasteiger partial charge >= 0.3 is 0 Å². The lowest BCUT2D eigenvalue weighted by Crippen LogP contribution is -2.31. The van der Waals surface area contributed by atoms with Crippen molar-refractivity contribution in [2.75, 3.05) is 49.8 Å². The molecule has 2 aliphatic rings. The van der Waals surface area contributed by atoms with E-state index in [4.69, 9.17) is 34.6 Å². The van der Waals surface area contributed by atoms with Crippen molar-refractivity contribution in [3.05, 3.63) is 181 Å². The van der Waals surface area contributed by atoms with E-state index >= 15 is 0 Å². The van der Waals surface area contributed by atoms with E-state index in [1.165, 1.54) is 0 Å². The van der Waals surface area contributed by atoms with Gasteiger partial charge in [-0.15, -0.1) is 10.2 Å². The summed E-state index contributed by atoms with van der Waals surface area (Å²) >= 11 is 0. The fourth-order valence-corrected chi connectivity index (χ4v) is 6.01. The van der Waals surface area contributed by atoms with Crippen LogP contribution in [0.4, 0.5) is 22.7 Å². The van der Waals surface area contributed by atoms with E-state index in [0.29, 0.717) is 51.4 Å². The molecule has 0 unspecified atom stereocenters. The van der Waals surface area contributed by atoms with E-state index in [1.54, 1.807) is 0 Å². The predicted molar refractivity (Wildman–Crippen MR) is 213 cm³/mol. The normalized spacial score (nSPS) is 14.0. The number of anilines is 2. The summed E-state index contributed by atoms with van der Waals surface area (Å²) in [6, 6.07) is 56.0. The summed E-state index contributed by atoms with van der Waals surface area (Å²) < 4.78 is 21.6. The minimum absolute atomic E-state index is 0.411. The Kier molecular flexibility index (Phi) is 11.0. The number of hydrogen-bond acceptors (Lipinski definition) is 9. The van der Waals surface area contributed by atoms with Crippen LogP contribution < -0.4 is 19.5 Å². The number of ether oxygens (including phenoxy) is 3. The quantitative estimate of drug-likeness (QED) is 0.0825. The number of hydrogen-bond donors (Lipinski definition) is 0. The number of para-hydroxylation sites is 4. The summed E-state index contributed by atoms with van der Waals surface area (Å²) in [6.45, 7) is 2.70. The fourth-order valence-electron chi connectivity index (χ4n) is 6.01. The number of rotatable bonds is 14. The molecule has 0 saturated heterocycles. The van der Waals surface area contributed by atoms with Gasteiger partial charge in [-0.25, -0.2) is 10.0 Å². The zero-order valence-corrected chi connectivity index (χ0v) is 30.2. The maximum absolute atomic E-state index is 5.95. The van der Waals surface area contributed by atoms with E-state index in [9.17, 15) is 0 Å². The van der Waals surface area contributed by atoms with Gasteiger partial charge < -0.3 is 14.2 Å². The number of amidine groups is 2. The van der Waals surface area contributed by atoms with E-state index in [2.05, 4.69) is 0 Å². The van der Waals surface area contributed by atoms with Gasteiger partial charge in [-0.2, -0.15) is 0 Å². The molecule has 11 nitrogen and oxygen atoms in total. The zero-order valence-electron chi connectivity index (χ0n) is 30.2. The molecule has 272 valence electrons. The van der Waals surface area contributed by atoms with E-state index in [-0.39, 0.29) is 0 Å². The Labute approximate surface area is 320 Å². The standard InChI is InChI=1S/C44H40N8O3/c1-5-13-37(14-6-1)49-33-50(38-15-7-2-8-16-38)46-43(45-49)35-21-25-41(26-22-35)54-31-29-53-30-32-55-42-27-23-36(24-28-42)44-47-51(39-17-9-3-10-18-39)34-52(48-44)40-19-11-4-12-20-40/h1-28H,29-34H2/q+2. The predicted octanol–water partition coefficient (Wildman–Crippen LogP) is 9.03. The molecule has 0 amide bonds. The van der Waals surface area contributed by atoms with Crippen LogP contribution in [0.3, 0.4) is 0 Å². The van der Waals surface area contributed by atoms with E-state index in [0.717, 1.165) is 45.4 Å². The second-order valence-corrected chi connectivity index (χ2v) is 12.6. The van der Waals surface area contributed by atoms with Crippen molar-refractivity contribution in [1.82, 2.24) is 0 Å². The van der Waals surface area contributed by atoms with Crippen LogP contribution in [0.5, 0.6) is 11.5 Å². The van der Waals surface area contributed by atoms with Gasteiger partial charge in [-0.05, 0) is 72.8 Å². The van der Waals surface area contributed by atoms with Crippen LogP contribution in [0.2, 0.25) is 0 Å². The molecule has 0 spiro atoms. The molecule has 0 bridgehead atoms. The molecule has 0 fully saturated rings. The van der Waals surface area contributed by atoms with Crippen molar-refractivity contribution in [1.29, 1.82) is 0 Å². The number of benzene rings is 6. The lowest BCUT2D eigenvalue weighted by Gasteiger charge is -2.20. The van der Waals surface area contributed by atoms with Crippen molar-refractivity contribution in [2.45, 2.75) is 0 Å². The molecule has 0 radical (unpaired) electrons. The van der Waals surface area contributed by atoms with Crippen LogP contribution in [-0.4, -0.2) is 60.8 Å². The maximum atomic E-state index is 5.95. The van der Waals surface area contributed by atoms with Gasteiger partial charge in [0.2, 0.25) is 23.0 Å².